The summed E-state index contributed by atoms with van der Waals surface area (Å²) in [6.07, 6.45) is 12.0. The van der Waals surface area contributed by atoms with Gasteiger partial charge in [0, 0.05) is 24.8 Å². The Kier molecular flexibility index (Phi) is 4.96. The highest BCUT2D eigenvalue weighted by Gasteiger charge is 2.48. The molecule has 0 saturated heterocycles. The van der Waals surface area contributed by atoms with Crippen molar-refractivity contribution in [3.63, 3.8) is 0 Å². The summed E-state index contributed by atoms with van der Waals surface area (Å²) < 4.78 is 5.47. The quantitative estimate of drug-likeness (QED) is 0.784. The van der Waals surface area contributed by atoms with E-state index in [1.54, 1.807) is 0 Å². The number of carbonyl (C=O) groups excluding carboxylic acids is 1. The van der Waals surface area contributed by atoms with Crippen LogP contribution < -0.4 is 5.32 Å². The van der Waals surface area contributed by atoms with Crippen molar-refractivity contribution in [1.29, 1.82) is 0 Å². The largest absolute Gasteiger partial charge is 0.353 e. The third kappa shape index (κ3) is 3.61. The molecule has 28 heavy (non-hydrogen) atoms. The van der Waals surface area contributed by atoms with E-state index in [-0.39, 0.29) is 0 Å². The van der Waals surface area contributed by atoms with Gasteiger partial charge in [0.15, 0.2) is 5.82 Å². The van der Waals surface area contributed by atoms with E-state index in [1.165, 1.54) is 44.9 Å². The molecule has 0 spiro atoms. The fraction of sp³-hybridized carbons (Fsp3) is 0.870. The van der Waals surface area contributed by atoms with Crippen molar-refractivity contribution in [2.45, 2.75) is 90.0 Å². The molecule has 5 aliphatic rings. The molecular weight excluding hydrogens is 350 g/mol. The van der Waals surface area contributed by atoms with Crippen molar-refractivity contribution in [2.24, 2.45) is 35.5 Å². The van der Waals surface area contributed by atoms with Crippen molar-refractivity contribution in [1.82, 2.24) is 15.5 Å². The third-order valence-corrected chi connectivity index (χ3v) is 8.26. The van der Waals surface area contributed by atoms with Crippen LogP contribution >= 0.6 is 0 Å². The number of nitrogens with one attached hydrogen (secondary N) is 1. The Morgan fingerprint density at radius 3 is 2.39 bits per heavy atom. The molecule has 1 amide bonds. The minimum absolute atomic E-state index is 0.294. The molecule has 5 nitrogen and oxygen atoms in total. The third-order valence-electron chi connectivity index (χ3n) is 8.26. The average molecular weight is 386 g/mol. The first-order chi connectivity index (χ1) is 13.5. The Morgan fingerprint density at radius 2 is 1.75 bits per heavy atom. The zero-order valence-electron chi connectivity index (χ0n) is 17.4. The Hall–Kier alpha value is -1.39. The summed E-state index contributed by atoms with van der Waals surface area (Å²) in [7, 11) is 0. The van der Waals surface area contributed by atoms with Gasteiger partial charge in [-0.05, 0) is 80.5 Å². The highest BCUT2D eigenvalue weighted by molar-refractivity contribution is 5.76. The minimum atomic E-state index is 0.294. The second-order valence-electron chi connectivity index (χ2n) is 10.6. The SMILES string of the molecule is CC(C)c1noc(CC2CCCC2CC(=O)NC2C3CC4CC(C3)CC2C4)n1. The van der Waals surface area contributed by atoms with Gasteiger partial charge in [0.1, 0.15) is 0 Å². The standard InChI is InChI=1S/C23H35N3O2/c1-13(2)23-25-21(28-26-23)12-17-5-3-4-16(17)11-20(27)24-22-18-7-14-6-15(9-18)10-19(22)8-14/h13-19,22H,3-12H2,1-2H3,(H,24,27). The molecule has 0 aliphatic heterocycles. The van der Waals surface area contributed by atoms with Gasteiger partial charge in [-0.25, -0.2) is 0 Å². The van der Waals surface area contributed by atoms with Crippen LogP contribution in [0.2, 0.25) is 0 Å². The summed E-state index contributed by atoms with van der Waals surface area (Å²) in [6, 6.07) is 0.463. The number of carbonyl (C=O) groups is 1. The zero-order valence-corrected chi connectivity index (χ0v) is 17.4. The van der Waals surface area contributed by atoms with Crippen LogP contribution in [-0.4, -0.2) is 22.1 Å². The van der Waals surface area contributed by atoms with Crippen molar-refractivity contribution < 1.29 is 9.32 Å². The van der Waals surface area contributed by atoms with E-state index in [0.29, 0.717) is 36.1 Å². The van der Waals surface area contributed by atoms with E-state index in [0.717, 1.165) is 48.2 Å². The topological polar surface area (TPSA) is 68.0 Å². The summed E-state index contributed by atoms with van der Waals surface area (Å²) in [5.41, 5.74) is 0. The molecule has 4 bridgehead atoms. The molecule has 2 unspecified atom stereocenters. The van der Waals surface area contributed by atoms with E-state index in [2.05, 4.69) is 29.3 Å². The van der Waals surface area contributed by atoms with E-state index >= 15 is 0 Å². The second-order valence-corrected chi connectivity index (χ2v) is 10.6. The maximum atomic E-state index is 12.9. The lowest BCUT2D eigenvalue weighted by atomic mass is 9.54. The van der Waals surface area contributed by atoms with Crippen LogP contribution in [0.15, 0.2) is 4.52 Å². The number of rotatable bonds is 6. The lowest BCUT2D eigenvalue weighted by Gasteiger charge is -2.54. The molecule has 6 rings (SSSR count). The van der Waals surface area contributed by atoms with Crippen molar-refractivity contribution >= 4 is 5.91 Å². The van der Waals surface area contributed by atoms with E-state index in [1.807, 2.05) is 0 Å². The van der Waals surface area contributed by atoms with Crippen LogP contribution in [0.4, 0.5) is 0 Å². The minimum Gasteiger partial charge on any atom is -0.353 e. The molecule has 5 heteroatoms. The highest BCUT2D eigenvalue weighted by atomic mass is 16.5. The predicted octanol–water partition coefficient (Wildman–Crippen LogP) is 4.48. The molecule has 1 aromatic rings. The summed E-state index contributed by atoms with van der Waals surface area (Å²) in [5.74, 6) is 6.54. The molecule has 2 atom stereocenters. The molecule has 1 heterocycles. The Balaban J connectivity index is 1.16. The maximum Gasteiger partial charge on any atom is 0.226 e. The smallest absolute Gasteiger partial charge is 0.226 e. The number of amides is 1. The monoisotopic (exact) mass is 385 g/mol. The normalized spacial score (nSPS) is 39.0. The summed E-state index contributed by atoms with van der Waals surface area (Å²) in [5, 5.41) is 7.60. The van der Waals surface area contributed by atoms with Gasteiger partial charge in [-0.1, -0.05) is 25.4 Å². The molecule has 5 aliphatic carbocycles. The predicted molar refractivity (Wildman–Crippen MR) is 107 cm³/mol. The summed E-state index contributed by atoms with van der Waals surface area (Å²) in [6.45, 7) is 4.17. The van der Waals surface area contributed by atoms with Crippen LogP contribution in [0.25, 0.3) is 0 Å². The van der Waals surface area contributed by atoms with Crippen LogP contribution in [0.3, 0.4) is 0 Å². The Bertz CT molecular complexity index is 684. The molecule has 0 radical (unpaired) electrons. The maximum absolute atomic E-state index is 12.9. The number of aromatic nitrogens is 2. The molecular formula is C23H35N3O2. The lowest BCUT2D eigenvalue weighted by molar-refractivity contribution is -0.126. The molecule has 1 N–H and O–H groups in total. The lowest BCUT2D eigenvalue weighted by Crippen LogP contribution is -2.56. The van der Waals surface area contributed by atoms with Gasteiger partial charge in [0.25, 0.3) is 0 Å². The van der Waals surface area contributed by atoms with Crippen molar-refractivity contribution in [3.8, 4) is 0 Å². The van der Waals surface area contributed by atoms with Gasteiger partial charge in [-0.15, -0.1) is 0 Å². The fourth-order valence-electron chi connectivity index (χ4n) is 7.10. The number of hydrogen-bond acceptors (Lipinski definition) is 4. The van der Waals surface area contributed by atoms with Crippen LogP contribution in [-0.2, 0) is 11.2 Å². The van der Waals surface area contributed by atoms with Gasteiger partial charge >= 0.3 is 0 Å². The molecule has 0 aromatic carbocycles. The Morgan fingerprint density at radius 1 is 1.07 bits per heavy atom. The second kappa shape index (κ2) is 7.46. The van der Waals surface area contributed by atoms with Crippen molar-refractivity contribution in [2.75, 3.05) is 0 Å². The van der Waals surface area contributed by atoms with E-state index < -0.39 is 0 Å². The molecule has 154 valence electrons. The highest BCUT2D eigenvalue weighted by Crippen LogP contribution is 2.53. The van der Waals surface area contributed by atoms with Gasteiger partial charge in [0.05, 0.1) is 0 Å². The van der Waals surface area contributed by atoms with E-state index in [4.69, 9.17) is 4.52 Å². The van der Waals surface area contributed by atoms with Crippen LogP contribution in [0.5, 0.6) is 0 Å². The molecule has 5 saturated carbocycles. The van der Waals surface area contributed by atoms with Gasteiger partial charge in [0.2, 0.25) is 11.8 Å². The van der Waals surface area contributed by atoms with Crippen molar-refractivity contribution in [3.05, 3.63) is 11.7 Å². The number of hydrogen-bond donors (Lipinski definition) is 1. The van der Waals surface area contributed by atoms with Gasteiger partial charge < -0.3 is 9.84 Å². The number of nitrogens with zero attached hydrogens (tertiary/aromatic N) is 2. The van der Waals surface area contributed by atoms with Crippen LogP contribution in [0, 0.1) is 35.5 Å². The Labute approximate surface area is 168 Å². The average Bonchev–Trinajstić information content (AvgIpc) is 3.28. The zero-order chi connectivity index (χ0) is 19.3. The first kappa shape index (κ1) is 18.6. The van der Waals surface area contributed by atoms with Gasteiger partial charge in [-0.3, -0.25) is 4.79 Å². The first-order valence-electron chi connectivity index (χ1n) is 11.7. The first-order valence-corrected chi connectivity index (χ1v) is 11.7. The molecule has 1 aromatic heterocycles. The fourth-order valence-corrected chi connectivity index (χ4v) is 7.10. The van der Waals surface area contributed by atoms with Crippen LogP contribution in [0.1, 0.15) is 89.3 Å². The van der Waals surface area contributed by atoms with E-state index in [9.17, 15) is 4.79 Å². The summed E-state index contributed by atoms with van der Waals surface area (Å²) in [4.78, 5) is 17.5. The molecule has 5 fully saturated rings. The summed E-state index contributed by atoms with van der Waals surface area (Å²) >= 11 is 0. The van der Waals surface area contributed by atoms with Gasteiger partial charge in [-0.2, -0.15) is 4.98 Å².